The van der Waals surface area contributed by atoms with E-state index in [9.17, 15) is 14.4 Å². The zero-order valence-corrected chi connectivity index (χ0v) is 12.6. The summed E-state index contributed by atoms with van der Waals surface area (Å²) in [5.41, 5.74) is 1.78. The van der Waals surface area contributed by atoms with Crippen molar-refractivity contribution in [1.82, 2.24) is 0 Å². The van der Waals surface area contributed by atoms with Crippen LogP contribution in [0, 0.1) is 0 Å². The Balaban J connectivity index is 2.68. The number of allylic oxidation sites excluding steroid dienone is 1. The zero-order valence-electron chi connectivity index (χ0n) is 12.6. The summed E-state index contributed by atoms with van der Waals surface area (Å²) < 4.78 is 4.98. The van der Waals surface area contributed by atoms with Gasteiger partial charge >= 0.3 is 5.97 Å². The molecule has 1 amide bonds. The molecule has 21 heavy (non-hydrogen) atoms. The Morgan fingerprint density at radius 3 is 2.43 bits per heavy atom. The average Bonchev–Trinajstić information content (AvgIpc) is 2.37. The van der Waals surface area contributed by atoms with Gasteiger partial charge < -0.3 is 10.1 Å². The van der Waals surface area contributed by atoms with Gasteiger partial charge in [-0.2, -0.15) is 0 Å². The summed E-state index contributed by atoms with van der Waals surface area (Å²) in [5, 5.41) is 2.61. The highest BCUT2D eigenvalue weighted by Gasteiger charge is 2.17. The topological polar surface area (TPSA) is 72.5 Å². The van der Waals surface area contributed by atoms with Crippen molar-refractivity contribution in [3.05, 3.63) is 41.5 Å². The van der Waals surface area contributed by atoms with Crippen LogP contribution in [0.1, 0.15) is 38.1 Å². The number of hydrogen-bond donors (Lipinski definition) is 1. The van der Waals surface area contributed by atoms with Gasteiger partial charge in [-0.1, -0.05) is 17.7 Å². The SMILES string of the molecule is CC(=O)c1cccc(NC(=O)[C@H](C)OC(=O)C=C(C)C)c1. The Bertz CT molecular complexity index is 586. The monoisotopic (exact) mass is 289 g/mol. The molecule has 1 aromatic rings. The lowest BCUT2D eigenvalue weighted by Gasteiger charge is -2.13. The third-order valence-electron chi connectivity index (χ3n) is 2.61. The minimum absolute atomic E-state index is 0.0888. The molecule has 0 fully saturated rings. The van der Waals surface area contributed by atoms with Crippen LogP contribution >= 0.6 is 0 Å². The second kappa shape index (κ2) is 7.38. The molecule has 1 aromatic carbocycles. The normalized spacial score (nSPS) is 11.2. The number of carbonyl (C=O) groups excluding carboxylic acids is 3. The van der Waals surface area contributed by atoms with Gasteiger partial charge in [-0.05, 0) is 39.8 Å². The number of carbonyl (C=O) groups is 3. The van der Waals surface area contributed by atoms with Gasteiger partial charge in [0.1, 0.15) is 0 Å². The fraction of sp³-hybridized carbons (Fsp3) is 0.312. The summed E-state index contributed by atoms with van der Waals surface area (Å²) in [4.78, 5) is 34.6. The van der Waals surface area contributed by atoms with Crippen molar-refractivity contribution in [3.63, 3.8) is 0 Å². The number of anilines is 1. The van der Waals surface area contributed by atoms with E-state index >= 15 is 0 Å². The molecule has 112 valence electrons. The summed E-state index contributed by atoms with van der Waals surface area (Å²) in [6, 6.07) is 6.57. The molecule has 0 aromatic heterocycles. The van der Waals surface area contributed by atoms with Gasteiger partial charge in [-0.15, -0.1) is 0 Å². The minimum Gasteiger partial charge on any atom is -0.449 e. The molecule has 1 N–H and O–H groups in total. The molecule has 5 heteroatoms. The smallest absolute Gasteiger partial charge is 0.331 e. The van der Waals surface area contributed by atoms with Crippen LogP contribution in [-0.2, 0) is 14.3 Å². The fourth-order valence-corrected chi connectivity index (χ4v) is 1.56. The Morgan fingerprint density at radius 1 is 1.19 bits per heavy atom. The van der Waals surface area contributed by atoms with Gasteiger partial charge in [0, 0.05) is 17.3 Å². The lowest BCUT2D eigenvalue weighted by Crippen LogP contribution is -2.29. The molecule has 5 nitrogen and oxygen atoms in total. The first-order valence-corrected chi connectivity index (χ1v) is 6.57. The first-order chi connectivity index (χ1) is 9.79. The fourth-order valence-electron chi connectivity index (χ4n) is 1.56. The van der Waals surface area contributed by atoms with E-state index in [0.717, 1.165) is 5.57 Å². The molecule has 0 unspecified atom stereocenters. The second-order valence-electron chi connectivity index (χ2n) is 4.93. The lowest BCUT2D eigenvalue weighted by molar-refractivity contribution is -0.148. The van der Waals surface area contributed by atoms with Crippen LogP contribution < -0.4 is 5.32 Å². The second-order valence-corrected chi connectivity index (χ2v) is 4.93. The maximum Gasteiger partial charge on any atom is 0.331 e. The first-order valence-electron chi connectivity index (χ1n) is 6.57. The Morgan fingerprint density at radius 2 is 1.86 bits per heavy atom. The van der Waals surface area contributed by atoms with Crippen LogP contribution in [0.2, 0.25) is 0 Å². The predicted molar refractivity (Wildman–Crippen MR) is 80.1 cm³/mol. The van der Waals surface area contributed by atoms with Crippen LogP contribution in [0.4, 0.5) is 5.69 Å². The van der Waals surface area contributed by atoms with Crippen molar-refractivity contribution in [2.75, 3.05) is 5.32 Å². The molecular formula is C16H19NO4. The molecule has 0 aliphatic heterocycles. The summed E-state index contributed by atoms with van der Waals surface area (Å²) in [6.07, 6.45) is 0.397. The Labute approximate surface area is 124 Å². The molecule has 0 aliphatic rings. The van der Waals surface area contributed by atoms with Crippen LogP contribution in [0.15, 0.2) is 35.9 Å². The van der Waals surface area contributed by atoms with Crippen molar-refractivity contribution in [2.24, 2.45) is 0 Å². The summed E-state index contributed by atoms with van der Waals surface area (Å²) in [5.74, 6) is -1.10. The highest BCUT2D eigenvalue weighted by molar-refractivity contribution is 5.98. The van der Waals surface area contributed by atoms with Crippen LogP contribution in [0.3, 0.4) is 0 Å². The van der Waals surface area contributed by atoms with E-state index in [4.69, 9.17) is 4.74 Å². The third kappa shape index (κ3) is 5.60. The van der Waals surface area contributed by atoms with E-state index < -0.39 is 18.0 Å². The molecular weight excluding hydrogens is 270 g/mol. The molecule has 1 rings (SSSR count). The van der Waals surface area contributed by atoms with Gasteiger partial charge in [0.05, 0.1) is 0 Å². The van der Waals surface area contributed by atoms with Gasteiger partial charge in [-0.3, -0.25) is 9.59 Å². The quantitative estimate of drug-likeness (QED) is 0.514. The van der Waals surface area contributed by atoms with Gasteiger partial charge in [0.25, 0.3) is 5.91 Å². The number of esters is 1. The lowest BCUT2D eigenvalue weighted by atomic mass is 10.1. The molecule has 0 spiro atoms. The summed E-state index contributed by atoms with van der Waals surface area (Å²) >= 11 is 0. The number of ketones is 1. The van der Waals surface area contributed by atoms with Crippen molar-refractivity contribution in [1.29, 1.82) is 0 Å². The maximum atomic E-state index is 11.9. The van der Waals surface area contributed by atoms with E-state index in [-0.39, 0.29) is 5.78 Å². The Kier molecular flexibility index (Phi) is 5.84. The molecule has 0 aliphatic carbocycles. The van der Waals surface area contributed by atoms with Crippen molar-refractivity contribution >= 4 is 23.3 Å². The molecule has 0 heterocycles. The number of hydrogen-bond acceptors (Lipinski definition) is 4. The Hall–Kier alpha value is -2.43. The highest BCUT2D eigenvalue weighted by Crippen LogP contribution is 2.12. The molecule has 0 radical (unpaired) electrons. The van der Waals surface area contributed by atoms with E-state index in [1.807, 2.05) is 0 Å². The number of benzene rings is 1. The number of Topliss-reactive ketones (excluding diaryl/α,β-unsaturated/α-hetero) is 1. The van der Waals surface area contributed by atoms with Crippen molar-refractivity contribution in [2.45, 2.75) is 33.8 Å². The van der Waals surface area contributed by atoms with E-state index in [2.05, 4.69) is 5.32 Å². The van der Waals surface area contributed by atoms with Crippen molar-refractivity contribution < 1.29 is 19.1 Å². The predicted octanol–water partition coefficient (Wildman–Crippen LogP) is 2.73. The molecule has 0 bridgehead atoms. The number of ether oxygens (including phenoxy) is 1. The average molecular weight is 289 g/mol. The van der Waals surface area contributed by atoms with Gasteiger partial charge in [0.2, 0.25) is 0 Å². The molecule has 0 saturated heterocycles. The van der Waals surface area contributed by atoms with E-state index in [1.165, 1.54) is 19.9 Å². The van der Waals surface area contributed by atoms with Crippen LogP contribution in [0.25, 0.3) is 0 Å². The van der Waals surface area contributed by atoms with E-state index in [0.29, 0.717) is 11.3 Å². The third-order valence-corrected chi connectivity index (χ3v) is 2.61. The van der Waals surface area contributed by atoms with Gasteiger partial charge in [-0.25, -0.2) is 4.79 Å². The largest absolute Gasteiger partial charge is 0.449 e. The van der Waals surface area contributed by atoms with Crippen LogP contribution in [0.5, 0.6) is 0 Å². The van der Waals surface area contributed by atoms with Gasteiger partial charge in [0.15, 0.2) is 11.9 Å². The zero-order chi connectivity index (χ0) is 16.0. The first kappa shape index (κ1) is 16.6. The highest BCUT2D eigenvalue weighted by atomic mass is 16.5. The van der Waals surface area contributed by atoms with E-state index in [1.54, 1.807) is 38.1 Å². The maximum absolute atomic E-state index is 11.9. The van der Waals surface area contributed by atoms with Crippen LogP contribution in [-0.4, -0.2) is 23.8 Å². The summed E-state index contributed by atoms with van der Waals surface area (Å²) in [6.45, 7) is 6.46. The molecule has 0 saturated carbocycles. The van der Waals surface area contributed by atoms with Crippen molar-refractivity contribution in [3.8, 4) is 0 Å². The standard InChI is InChI=1S/C16H19NO4/c1-10(2)8-15(19)21-12(4)16(20)17-14-7-5-6-13(9-14)11(3)18/h5-9,12H,1-4H3,(H,17,20)/t12-/m0/s1. The number of nitrogens with one attached hydrogen (secondary N) is 1. The minimum atomic E-state index is -0.922. The molecule has 1 atom stereocenters. The number of amides is 1. The summed E-state index contributed by atoms with van der Waals surface area (Å²) in [7, 11) is 0. The number of rotatable bonds is 5.